The smallest absolute Gasteiger partial charge is 0.416 e. The van der Waals surface area contributed by atoms with Gasteiger partial charge in [0.15, 0.2) is 5.82 Å². The van der Waals surface area contributed by atoms with Gasteiger partial charge in [-0.25, -0.2) is 9.36 Å². The largest absolute Gasteiger partial charge is 0.495 e. The van der Waals surface area contributed by atoms with E-state index < -0.39 is 29.8 Å². The summed E-state index contributed by atoms with van der Waals surface area (Å²) in [6, 6.07) is 6.99. The van der Waals surface area contributed by atoms with Gasteiger partial charge in [0.25, 0.3) is 5.56 Å². The standard InChI is InChI=1S/C17H14F3N5O3/c1-28-13-4-3-11(17(18,19)20)9-12(13)22-15(26)10-25-16(27)6-5-14(23-25)24-8-2-7-21-24/h2-9H,10H2,1H3,(H,22,26). The van der Waals surface area contributed by atoms with Gasteiger partial charge in [-0.05, 0) is 30.3 Å². The fourth-order valence-electron chi connectivity index (χ4n) is 2.39. The van der Waals surface area contributed by atoms with Gasteiger partial charge in [-0.1, -0.05) is 0 Å². The van der Waals surface area contributed by atoms with Crippen LogP contribution in [0.1, 0.15) is 5.56 Å². The molecule has 0 aliphatic heterocycles. The Morgan fingerprint density at radius 3 is 2.68 bits per heavy atom. The van der Waals surface area contributed by atoms with Crippen molar-refractivity contribution in [2.24, 2.45) is 0 Å². The first-order chi connectivity index (χ1) is 13.3. The molecule has 0 aliphatic rings. The van der Waals surface area contributed by atoms with Crippen LogP contribution in [0.4, 0.5) is 18.9 Å². The number of benzene rings is 1. The van der Waals surface area contributed by atoms with Gasteiger partial charge < -0.3 is 10.1 Å². The molecule has 1 aromatic carbocycles. The fraction of sp³-hybridized carbons (Fsp3) is 0.176. The van der Waals surface area contributed by atoms with Crippen molar-refractivity contribution in [1.82, 2.24) is 19.6 Å². The Bertz CT molecular complexity index is 1040. The molecule has 1 N–H and O–H groups in total. The average molecular weight is 393 g/mol. The predicted octanol–water partition coefficient (Wildman–Crippen LogP) is 2.10. The maximum atomic E-state index is 12.9. The second-order valence-electron chi connectivity index (χ2n) is 5.60. The van der Waals surface area contributed by atoms with Gasteiger partial charge in [-0.2, -0.15) is 18.3 Å². The first-order valence-corrected chi connectivity index (χ1v) is 7.91. The molecule has 0 aliphatic carbocycles. The van der Waals surface area contributed by atoms with Crippen molar-refractivity contribution in [2.75, 3.05) is 12.4 Å². The molecular weight excluding hydrogens is 379 g/mol. The number of hydrogen-bond acceptors (Lipinski definition) is 5. The third-order valence-corrected chi connectivity index (χ3v) is 3.69. The third kappa shape index (κ3) is 4.19. The van der Waals surface area contributed by atoms with Crippen molar-refractivity contribution in [3.63, 3.8) is 0 Å². The number of alkyl halides is 3. The van der Waals surface area contributed by atoms with E-state index in [1.54, 1.807) is 12.3 Å². The van der Waals surface area contributed by atoms with Crippen LogP contribution in [0.15, 0.2) is 53.6 Å². The lowest BCUT2D eigenvalue weighted by Crippen LogP contribution is -2.30. The molecule has 0 atom stereocenters. The predicted molar refractivity (Wildman–Crippen MR) is 92.2 cm³/mol. The highest BCUT2D eigenvalue weighted by molar-refractivity contribution is 5.92. The summed E-state index contributed by atoms with van der Waals surface area (Å²) in [6.07, 6.45) is -1.46. The monoisotopic (exact) mass is 393 g/mol. The molecule has 0 bridgehead atoms. The van der Waals surface area contributed by atoms with Gasteiger partial charge in [-0.3, -0.25) is 9.59 Å². The maximum Gasteiger partial charge on any atom is 0.416 e. The Morgan fingerprint density at radius 1 is 1.25 bits per heavy atom. The molecule has 11 heteroatoms. The van der Waals surface area contributed by atoms with E-state index in [1.165, 1.54) is 30.1 Å². The van der Waals surface area contributed by atoms with E-state index in [0.29, 0.717) is 5.82 Å². The molecule has 3 aromatic rings. The number of carbonyl (C=O) groups excluding carboxylic acids is 1. The van der Waals surface area contributed by atoms with Crippen LogP contribution in [0.2, 0.25) is 0 Å². The minimum Gasteiger partial charge on any atom is -0.495 e. The van der Waals surface area contributed by atoms with E-state index in [9.17, 15) is 22.8 Å². The first-order valence-electron chi connectivity index (χ1n) is 7.91. The number of carbonyl (C=O) groups is 1. The molecule has 0 spiro atoms. The summed E-state index contributed by atoms with van der Waals surface area (Å²) < 4.78 is 46.0. The van der Waals surface area contributed by atoms with Crippen LogP contribution in [0, 0.1) is 0 Å². The van der Waals surface area contributed by atoms with E-state index in [4.69, 9.17) is 4.74 Å². The van der Waals surface area contributed by atoms with Gasteiger partial charge >= 0.3 is 6.18 Å². The zero-order valence-corrected chi connectivity index (χ0v) is 14.5. The number of amides is 1. The highest BCUT2D eigenvalue weighted by Gasteiger charge is 2.31. The summed E-state index contributed by atoms with van der Waals surface area (Å²) >= 11 is 0. The van der Waals surface area contributed by atoms with Crippen LogP contribution in [0.5, 0.6) is 5.75 Å². The van der Waals surface area contributed by atoms with E-state index in [2.05, 4.69) is 15.5 Å². The van der Waals surface area contributed by atoms with Crippen molar-refractivity contribution >= 4 is 11.6 Å². The van der Waals surface area contributed by atoms with E-state index >= 15 is 0 Å². The van der Waals surface area contributed by atoms with Crippen molar-refractivity contribution in [1.29, 1.82) is 0 Å². The summed E-state index contributed by atoms with van der Waals surface area (Å²) in [6.45, 7) is -0.507. The van der Waals surface area contributed by atoms with Gasteiger partial charge in [0.2, 0.25) is 5.91 Å². The highest BCUT2D eigenvalue weighted by Crippen LogP contribution is 2.34. The molecule has 0 fully saturated rings. The van der Waals surface area contributed by atoms with Crippen molar-refractivity contribution < 1.29 is 22.7 Å². The third-order valence-electron chi connectivity index (χ3n) is 3.69. The Hall–Kier alpha value is -3.63. The van der Waals surface area contributed by atoms with E-state index in [1.807, 2.05) is 0 Å². The van der Waals surface area contributed by atoms with Crippen LogP contribution < -0.4 is 15.6 Å². The number of methoxy groups -OCH3 is 1. The summed E-state index contributed by atoms with van der Waals surface area (Å²) in [5, 5.41) is 10.3. The number of anilines is 1. The minimum absolute atomic E-state index is 0.0481. The summed E-state index contributed by atoms with van der Waals surface area (Å²) in [4.78, 5) is 24.2. The number of nitrogens with one attached hydrogen (secondary N) is 1. The zero-order valence-electron chi connectivity index (χ0n) is 14.5. The van der Waals surface area contributed by atoms with Crippen molar-refractivity contribution in [3.8, 4) is 11.6 Å². The molecular formula is C17H14F3N5O3. The zero-order chi connectivity index (χ0) is 20.3. The van der Waals surface area contributed by atoms with Gasteiger partial charge in [0.05, 0.1) is 18.4 Å². The SMILES string of the molecule is COc1ccc(C(F)(F)F)cc1NC(=O)Cn1nc(-n2cccn2)ccc1=O. The average Bonchev–Trinajstić information content (AvgIpc) is 3.17. The second kappa shape index (κ2) is 7.55. The number of ether oxygens (including phenoxy) is 1. The van der Waals surface area contributed by atoms with Crippen LogP contribution in [-0.2, 0) is 17.5 Å². The number of halogens is 3. The second-order valence-corrected chi connectivity index (χ2v) is 5.60. The number of hydrogen-bond donors (Lipinski definition) is 1. The van der Waals surface area contributed by atoms with Crippen LogP contribution in [0.25, 0.3) is 5.82 Å². The lowest BCUT2D eigenvalue weighted by Gasteiger charge is -2.14. The highest BCUT2D eigenvalue weighted by atomic mass is 19.4. The van der Waals surface area contributed by atoms with Gasteiger partial charge in [-0.15, -0.1) is 5.10 Å². The molecule has 0 saturated heterocycles. The molecule has 2 heterocycles. The topological polar surface area (TPSA) is 91.0 Å². The Morgan fingerprint density at radius 2 is 2.04 bits per heavy atom. The van der Waals surface area contributed by atoms with Crippen LogP contribution in [0.3, 0.4) is 0 Å². The van der Waals surface area contributed by atoms with Crippen LogP contribution in [-0.4, -0.2) is 32.6 Å². The van der Waals surface area contributed by atoms with E-state index in [-0.39, 0.29) is 11.4 Å². The quantitative estimate of drug-likeness (QED) is 0.717. The van der Waals surface area contributed by atoms with E-state index in [0.717, 1.165) is 22.9 Å². The molecule has 0 saturated carbocycles. The van der Waals surface area contributed by atoms with Crippen LogP contribution >= 0.6 is 0 Å². The van der Waals surface area contributed by atoms with Crippen molar-refractivity contribution in [2.45, 2.75) is 12.7 Å². The summed E-state index contributed by atoms with van der Waals surface area (Å²) in [5.74, 6) is -0.397. The lowest BCUT2D eigenvalue weighted by molar-refractivity contribution is -0.137. The fourth-order valence-corrected chi connectivity index (χ4v) is 2.39. The molecule has 28 heavy (non-hydrogen) atoms. The Balaban J connectivity index is 1.83. The maximum absolute atomic E-state index is 12.9. The number of aromatic nitrogens is 4. The first kappa shape index (κ1) is 19.1. The van der Waals surface area contributed by atoms with Gasteiger partial charge in [0, 0.05) is 18.5 Å². The Kier molecular flexibility index (Phi) is 5.16. The molecule has 2 aromatic heterocycles. The normalized spacial score (nSPS) is 11.3. The Labute approximate surface area is 156 Å². The molecule has 8 nitrogen and oxygen atoms in total. The molecule has 3 rings (SSSR count). The summed E-state index contributed by atoms with van der Waals surface area (Å²) in [7, 11) is 1.26. The molecule has 0 unspecified atom stereocenters. The molecule has 146 valence electrons. The minimum atomic E-state index is -4.58. The summed E-state index contributed by atoms with van der Waals surface area (Å²) in [5.41, 5.74) is -1.67. The molecule has 1 amide bonds. The number of rotatable bonds is 5. The van der Waals surface area contributed by atoms with Crippen molar-refractivity contribution in [3.05, 3.63) is 64.7 Å². The van der Waals surface area contributed by atoms with Gasteiger partial charge in [0.1, 0.15) is 12.3 Å². The molecule has 0 radical (unpaired) electrons. The number of nitrogens with zero attached hydrogens (tertiary/aromatic N) is 4. The lowest BCUT2D eigenvalue weighted by atomic mass is 10.1.